The second-order valence-corrected chi connectivity index (χ2v) is 8.01. The van der Waals surface area contributed by atoms with Crippen molar-refractivity contribution in [2.24, 2.45) is 17.3 Å². The van der Waals surface area contributed by atoms with Gasteiger partial charge in [0.15, 0.2) is 0 Å². The molecule has 1 rings (SSSR count). The van der Waals surface area contributed by atoms with E-state index in [-0.39, 0.29) is 0 Å². The molecule has 0 amide bonds. The van der Waals surface area contributed by atoms with Crippen molar-refractivity contribution in [3.8, 4) is 0 Å². The smallest absolute Gasteiger partial charge is 0.0156 e. The van der Waals surface area contributed by atoms with Crippen LogP contribution in [0.25, 0.3) is 0 Å². The highest BCUT2D eigenvalue weighted by Crippen LogP contribution is 2.41. The summed E-state index contributed by atoms with van der Waals surface area (Å²) >= 11 is 0. The molecule has 3 nitrogen and oxygen atoms in total. The normalized spacial score (nSPS) is 26.1. The summed E-state index contributed by atoms with van der Waals surface area (Å²) in [7, 11) is 6.47. The molecule has 0 aromatic rings. The van der Waals surface area contributed by atoms with Crippen LogP contribution in [-0.4, -0.2) is 63.2 Å². The zero-order valence-electron chi connectivity index (χ0n) is 14.9. The molecular weight excluding hydrogens is 246 g/mol. The van der Waals surface area contributed by atoms with Gasteiger partial charge in [0, 0.05) is 32.2 Å². The highest BCUT2D eigenvalue weighted by molar-refractivity contribution is 4.96. The highest BCUT2D eigenvalue weighted by atomic mass is 15.2. The summed E-state index contributed by atoms with van der Waals surface area (Å²) in [6.07, 6.45) is 2.72. The fourth-order valence-corrected chi connectivity index (χ4v) is 3.79. The van der Waals surface area contributed by atoms with Gasteiger partial charge in [-0.15, -0.1) is 0 Å². The lowest BCUT2D eigenvalue weighted by Gasteiger charge is -2.34. The zero-order chi connectivity index (χ0) is 15.3. The summed E-state index contributed by atoms with van der Waals surface area (Å²) in [6, 6.07) is 0.663. The van der Waals surface area contributed by atoms with Gasteiger partial charge in [-0.05, 0) is 51.2 Å². The van der Waals surface area contributed by atoms with Gasteiger partial charge in [-0.1, -0.05) is 27.7 Å². The lowest BCUT2D eigenvalue weighted by Crippen LogP contribution is -2.45. The molecule has 0 heterocycles. The van der Waals surface area contributed by atoms with Crippen molar-refractivity contribution in [3.63, 3.8) is 0 Å². The van der Waals surface area contributed by atoms with Gasteiger partial charge < -0.3 is 15.1 Å². The van der Waals surface area contributed by atoms with Crippen LogP contribution in [0.2, 0.25) is 0 Å². The van der Waals surface area contributed by atoms with E-state index >= 15 is 0 Å². The van der Waals surface area contributed by atoms with E-state index < -0.39 is 0 Å². The van der Waals surface area contributed by atoms with Gasteiger partial charge in [-0.2, -0.15) is 0 Å². The van der Waals surface area contributed by atoms with Gasteiger partial charge in [0.25, 0.3) is 0 Å². The summed E-state index contributed by atoms with van der Waals surface area (Å²) in [6.45, 7) is 14.3. The topological polar surface area (TPSA) is 18.5 Å². The van der Waals surface area contributed by atoms with Crippen molar-refractivity contribution in [2.75, 3.05) is 47.3 Å². The van der Waals surface area contributed by atoms with Crippen LogP contribution in [0.1, 0.15) is 40.5 Å². The second kappa shape index (κ2) is 7.77. The maximum absolute atomic E-state index is 3.59. The first-order valence-electron chi connectivity index (χ1n) is 8.30. The maximum atomic E-state index is 3.59. The summed E-state index contributed by atoms with van der Waals surface area (Å²) in [5.41, 5.74) is 0.449. The average molecular weight is 284 g/mol. The monoisotopic (exact) mass is 283 g/mol. The Morgan fingerprint density at radius 1 is 1.20 bits per heavy atom. The predicted octanol–water partition coefficient (Wildman–Crippen LogP) is 2.53. The van der Waals surface area contributed by atoms with Crippen molar-refractivity contribution in [3.05, 3.63) is 0 Å². The molecule has 0 radical (unpaired) electrons. The van der Waals surface area contributed by atoms with Crippen molar-refractivity contribution in [1.82, 2.24) is 15.1 Å². The largest absolute Gasteiger partial charge is 0.316 e. The third kappa shape index (κ3) is 5.34. The maximum Gasteiger partial charge on any atom is 0.0156 e. The Kier molecular flexibility index (Phi) is 6.96. The van der Waals surface area contributed by atoms with Crippen LogP contribution in [0.3, 0.4) is 0 Å². The quantitative estimate of drug-likeness (QED) is 0.738. The molecule has 1 saturated carbocycles. The minimum Gasteiger partial charge on any atom is -0.316 e. The number of likely N-dealkylation sites (N-methyl/N-ethyl adjacent to an activating group) is 1. The van der Waals surface area contributed by atoms with Crippen LogP contribution >= 0.6 is 0 Å². The van der Waals surface area contributed by atoms with Crippen molar-refractivity contribution < 1.29 is 0 Å². The van der Waals surface area contributed by atoms with Crippen LogP contribution in [0.15, 0.2) is 0 Å². The predicted molar refractivity (Wildman–Crippen MR) is 89.2 cm³/mol. The minimum absolute atomic E-state index is 0.449. The van der Waals surface area contributed by atoms with Crippen LogP contribution in [0.4, 0.5) is 0 Å². The van der Waals surface area contributed by atoms with Gasteiger partial charge in [0.2, 0.25) is 0 Å². The third-order valence-electron chi connectivity index (χ3n) is 4.76. The molecule has 1 N–H and O–H groups in total. The van der Waals surface area contributed by atoms with Crippen molar-refractivity contribution in [2.45, 2.75) is 46.6 Å². The Bertz CT molecular complexity index is 273. The number of hydrogen-bond acceptors (Lipinski definition) is 3. The van der Waals surface area contributed by atoms with E-state index in [2.05, 4.69) is 64.0 Å². The van der Waals surface area contributed by atoms with E-state index in [4.69, 9.17) is 0 Å². The van der Waals surface area contributed by atoms with Crippen LogP contribution < -0.4 is 5.32 Å². The Balaban J connectivity index is 2.59. The van der Waals surface area contributed by atoms with E-state index in [9.17, 15) is 0 Å². The van der Waals surface area contributed by atoms with E-state index in [1.165, 1.54) is 32.5 Å². The molecule has 0 aromatic carbocycles. The van der Waals surface area contributed by atoms with Gasteiger partial charge in [-0.25, -0.2) is 0 Å². The molecule has 2 atom stereocenters. The molecule has 0 saturated heterocycles. The first-order valence-corrected chi connectivity index (χ1v) is 8.30. The molecule has 0 spiro atoms. The zero-order valence-corrected chi connectivity index (χ0v) is 14.9. The Hall–Kier alpha value is -0.120. The number of hydrogen-bond donors (Lipinski definition) is 1. The number of nitrogens with one attached hydrogen (secondary N) is 1. The van der Waals surface area contributed by atoms with Gasteiger partial charge >= 0.3 is 0 Å². The SMILES string of the molecule is CNC1C(CN(CCN(C)C)CC(C)C)CCC1(C)C. The molecule has 3 heteroatoms. The van der Waals surface area contributed by atoms with Crippen molar-refractivity contribution >= 4 is 0 Å². The molecule has 0 bridgehead atoms. The Morgan fingerprint density at radius 3 is 2.35 bits per heavy atom. The van der Waals surface area contributed by atoms with Gasteiger partial charge in [0.1, 0.15) is 0 Å². The first kappa shape index (κ1) is 17.9. The number of rotatable bonds is 8. The molecule has 20 heavy (non-hydrogen) atoms. The molecule has 1 fully saturated rings. The van der Waals surface area contributed by atoms with Crippen molar-refractivity contribution in [1.29, 1.82) is 0 Å². The summed E-state index contributed by atoms with van der Waals surface area (Å²) in [5.74, 6) is 1.55. The lowest BCUT2D eigenvalue weighted by molar-refractivity contribution is 0.164. The Morgan fingerprint density at radius 2 is 1.85 bits per heavy atom. The molecule has 1 aliphatic rings. The highest BCUT2D eigenvalue weighted by Gasteiger charge is 2.41. The molecule has 0 aliphatic heterocycles. The van der Waals surface area contributed by atoms with Gasteiger partial charge in [0.05, 0.1) is 0 Å². The molecule has 0 aromatic heterocycles. The third-order valence-corrected chi connectivity index (χ3v) is 4.76. The molecular formula is C17H37N3. The summed E-state index contributed by atoms with van der Waals surface area (Å²) < 4.78 is 0. The fraction of sp³-hybridized carbons (Fsp3) is 1.00. The van der Waals surface area contributed by atoms with E-state index in [1.807, 2.05) is 0 Å². The molecule has 120 valence electrons. The van der Waals surface area contributed by atoms with Gasteiger partial charge in [-0.3, -0.25) is 0 Å². The van der Waals surface area contributed by atoms with Crippen LogP contribution in [0, 0.1) is 17.3 Å². The fourth-order valence-electron chi connectivity index (χ4n) is 3.79. The average Bonchev–Trinajstić information content (AvgIpc) is 2.60. The first-order chi connectivity index (χ1) is 9.26. The van der Waals surface area contributed by atoms with Crippen LogP contribution in [0.5, 0.6) is 0 Å². The van der Waals surface area contributed by atoms with E-state index in [0.29, 0.717) is 11.5 Å². The second-order valence-electron chi connectivity index (χ2n) is 8.01. The molecule has 2 unspecified atom stereocenters. The molecule has 1 aliphatic carbocycles. The standard InChI is InChI=1S/C17H37N3/c1-14(2)12-20(11-10-19(6)7)13-15-8-9-17(3,4)16(15)18-5/h14-16,18H,8-13H2,1-7H3. The van der Waals surface area contributed by atoms with Crippen LogP contribution in [-0.2, 0) is 0 Å². The minimum atomic E-state index is 0.449. The Labute approximate surface area is 127 Å². The summed E-state index contributed by atoms with van der Waals surface area (Å²) in [5, 5.41) is 3.59. The lowest BCUT2D eigenvalue weighted by atomic mass is 9.85. The van der Waals surface area contributed by atoms with E-state index in [0.717, 1.165) is 18.4 Å². The van der Waals surface area contributed by atoms with E-state index in [1.54, 1.807) is 0 Å². The number of nitrogens with zero attached hydrogens (tertiary/aromatic N) is 2. The summed E-state index contributed by atoms with van der Waals surface area (Å²) in [4.78, 5) is 4.97.